The van der Waals surface area contributed by atoms with Crippen LogP contribution in [0.4, 0.5) is 4.39 Å². The second-order valence-electron chi connectivity index (χ2n) is 7.23. The molecule has 0 aliphatic rings. The van der Waals surface area contributed by atoms with Crippen molar-refractivity contribution in [2.24, 2.45) is 0 Å². The van der Waals surface area contributed by atoms with Gasteiger partial charge in [-0.1, -0.05) is 25.1 Å². The van der Waals surface area contributed by atoms with Crippen LogP contribution in [0.5, 0.6) is 5.75 Å². The predicted molar refractivity (Wildman–Crippen MR) is 112 cm³/mol. The number of halogens is 1. The van der Waals surface area contributed by atoms with Gasteiger partial charge in [0.2, 0.25) is 5.43 Å². The van der Waals surface area contributed by atoms with E-state index in [1.807, 2.05) is 6.92 Å². The molecule has 30 heavy (non-hydrogen) atoms. The van der Waals surface area contributed by atoms with E-state index in [2.05, 4.69) is 0 Å². The van der Waals surface area contributed by atoms with E-state index >= 15 is 0 Å². The first-order valence-electron chi connectivity index (χ1n) is 9.66. The van der Waals surface area contributed by atoms with Crippen molar-refractivity contribution < 1.29 is 24.1 Å². The molecule has 0 fully saturated rings. The number of ether oxygens (including phenoxy) is 1. The van der Waals surface area contributed by atoms with Crippen molar-refractivity contribution in [2.75, 3.05) is 13.7 Å². The van der Waals surface area contributed by atoms with E-state index in [-0.39, 0.29) is 29.8 Å². The van der Waals surface area contributed by atoms with E-state index in [9.17, 15) is 24.2 Å². The number of hydrogen-bond acceptors (Lipinski definition) is 4. The van der Waals surface area contributed by atoms with Crippen LogP contribution in [0.25, 0.3) is 10.9 Å². The molecule has 6 nitrogen and oxygen atoms in total. The Labute approximate surface area is 173 Å². The number of aryl methyl sites for hydroxylation is 1. The van der Waals surface area contributed by atoms with E-state index in [4.69, 9.17) is 4.74 Å². The molecule has 3 rings (SSSR count). The molecule has 3 aromatic rings. The number of aromatic carboxylic acids is 1. The molecule has 1 atom stereocenters. The average molecular weight is 413 g/mol. The van der Waals surface area contributed by atoms with Gasteiger partial charge in [-0.15, -0.1) is 0 Å². The Kier molecular flexibility index (Phi) is 6.22. The van der Waals surface area contributed by atoms with Crippen LogP contribution in [-0.2, 0) is 6.42 Å². The summed E-state index contributed by atoms with van der Waals surface area (Å²) in [5.74, 6) is -1.22. The van der Waals surface area contributed by atoms with Crippen LogP contribution in [0.3, 0.4) is 0 Å². The molecule has 0 saturated carbocycles. The maximum absolute atomic E-state index is 14.5. The smallest absolute Gasteiger partial charge is 0.341 e. The number of aliphatic hydroxyl groups excluding tert-OH is 1. The van der Waals surface area contributed by atoms with Crippen molar-refractivity contribution in [1.82, 2.24) is 4.57 Å². The predicted octanol–water partition coefficient (Wildman–Crippen LogP) is 3.69. The van der Waals surface area contributed by atoms with Crippen LogP contribution >= 0.6 is 0 Å². The summed E-state index contributed by atoms with van der Waals surface area (Å²) >= 11 is 0. The number of aliphatic hydroxyl groups is 1. The summed E-state index contributed by atoms with van der Waals surface area (Å²) in [6.45, 7) is 3.32. The Morgan fingerprint density at radius 3 is 2.60 bits per heavy atom. The van der Waals surface area contributed by atoms with Gasteiger partial charge in [0.05, 0.1) is 25.3 Å². The standard InChI is InChI=1S/C23H24FNO5/c1-4-16(12-26)25-11-18(23(28)29)22(27)17-9-15(20(30-3)10-19(17)25)8-14-7-5-6-13(2)21(14)24/h5-7,9-11,16,26H,4,8,12H2,1-3H3,(H,28,29). The SMILES string of the molecule is CCC(CO)n1cc(C(=O)O)c(=O)c2cc(Cc3cccc(C)c3F)c(OC)cc21. The zero-order valence-electron chi connectivity index (χ0n) is 17.1. The Morgan fingerprint density at radius 1 is 1.27 bits per heavy atom. The molecule has 0 amide bonds. The van der Waals surface area contributed by atoms with E-state index in [0.29, 0.717) is 34.4 Å². The molecule has 1 unspecified atom stereocenters. The average Bonchev–Trinajstić information content (AvgIpc) is 2.73. The van der Waals surface area contributed by atoms with Crippen LogP contribution in [0.2, 0.25) is 0 Å². The summed E-state index contributed by atoms with van der Waals surface area (Å²) in [6.07, 6.45) is 1.98. The van der Waals surface area contributed by atoms with Crippen molar-refractivity contribution >= 4 is 16.9 Å². The highest BCUT2D eigenvalue weighted by molar-refractivity contribution is 5.93. The van der Waals surface area contributed by atoms with Crippen molar-refractivity contribution in [3.05, 3.63) is 74.8 Å². The van der Waals surface area contributed by atoms with Gasteiger partial charge in [0.15, 0.2) is 0 Å². The summed E-state index contributed by atoms with van der Waals surface area (Å²) in [5.41, 5.74) is 0.969. The normalized spacial score (nSPS) is 12.2. The summed E-state index contributed by atoms with van der Waals surface area (Å²) in [6, 6.07) is 7.89. The van der Waals surface area contributed by atoms with E-state index < -0.39 is 17.4 Å². The Hall–Kier alpha value is -3.19. The molecule has 0 aliphatic heterocycles. The molecule has 1 heterocycles. The third-order valence-corrected chi connectivity index (χ3v) is 5.39. The van der Waals surface area contributed by atoms with Crippen LogP contribution in [-0.4, -0.2) is 34.5 Å². The number of methoxy groups -OCH3 is 1. The lowest BCUT2D eigenvalue weighted by molar-refractivity contribution is 0.0694. The number of rotatable bonds is 7. The number of benzene rings is 2. The Bertz CT molecular complexity index is 1160. The van der Waals surface area contributed by atoms with Gasteiger partial charge in [-0.05, 0) is 36.1 Å². The van der Waals surface area contributed by atoms with Gasteiger partial charge in [-0.3, -0.25) is 4.79 Å². The Morgan fingerprint density at radius 2 is 2.00 bits per heavy atom. The molecule has 2 N–H and O–H groups in total. The maximum Gasteiger partial charge on any atom is 0.341 e. The summed E-state index contributed by atoms with van der Waals surface area (Å²) in [5, 5.41) is 19.4. The van der Waals surface area contributed by atoms with Crippen LogP contribution < -0.4 is 10.2 Å². The second-order valence-corrected chi connectivity index (χ2v) is 7.23. The summed E-state index contributed by atoms with van der Waals surface area (Å²) < 4.78 is 21.6. The topological polar surface area (TPSA) is 88.8 Å². The lowest BCUT2D eigenvalue weighted by atomic mass is 9.98. The molecule has 0 aliphatic carbocycles. The highest BCUT2D eigenvalue weighted by Crippen LogP contribution is 2.30. The third kappa shape index (κ3) is 3.80. The first kappa shape index (κ1) is 21.5. The number of nitrogens with zero attached hydrogens (tertiary/aromatic N) is 1. The lowest BCUT2D eigenvalue weighted by Gasteiger charge is -2.21. The van der Waals surface area contributed by atoms with Crippen molar-refractivity contribution in [2.45, 2.75) is 32.7 Å². The van der Waals surface area contributed by atoms with Gasteiger partial charge < -0.3 is 19.5 Å². The van der Waals surface area contributed by atoms with Crippen LogP contribution in [0.1, 0.15) is 46.4 Å². The number of hydrogen-bond donors (Lipinski definition) is 2. The first-order valence-corrected chi connectivity index (χ1v) is 9.66. The number of carbonyl (C=O) groups is 1. The van der Waals surface area contributed by atoms with E-state index in [0.717, 1.165) is 0 Å². The van der Waals surface area contributed by atoms with Crippen molar-refractivity contribution in [3.8, 4) is 5.75 Å². The van der Waals surface area contributed by atoms with E-state index in [1.54, 1.807) is 41.8 Å². The largest absolute Gasteiger partial charge is 0.496 e. The van der Waals surface area contributed by atoms with Gasteiger partial charge in [-0.25, -0.2) is 9.18 Å². The Balaban J connectivity index is 2.31. The van der Waals surface area contributed by atoms with Crippen molar-refractivity contribution in [3.63, 3.8) is 0 Å². The minimum atomic E-state index is -1.34. The highest BCUT2D eigenvalue weighted by atomic mass is 19.1. The number of pyridine rings is 1. The van der Waals surface area contributed by atoms with Crippen molar-refractivity contribution in [1.29, 1.82) is 0 Å². The fourth-order valence-corrected chi connectivity index (χ4v) is 3.67. The first-order chi connectivity index (χ1) is 14.3. The zero-order chi connectivity index (χ0) is 22.0. The molecule has 0 saturated heterocycles. The van der Waals surface area contributed by atoms with Crippen LogP contribution in [0, 0.1) is 12.7 Å². The van der Waals surface area contributed by atoms with Gasteiger partial charge in [0.25, 0.3) is 0 Å². The van der Waals surface area contributed by atoms with Gasteiger partial charge in [0.1, 0.15) is 17.1 Å². The highest BCUT2D eigenvalue weighted by Gasteiger charge is 2.21. The minimum Gasteiger partial charge on any atom is -0.496 e. The number of fused-ring (bicyclic) bond motifs is 1. The second kappa shape index (κ2) is 8.67. The quantitative estimate of drug-likeness (QED) is 0.617. The molecule has 1 aromatic heterocycles. The number of carboxylic acid groups (broad SMARTS) is 1. The minimum absolute atomic E-state index is 0.181. The molecular weight excluding hydrogens is 389 g/mol. The molecule has 7 heteroatoms. The van der Waals surface area contributed by atoms with Gasteiger partial charge in [-0.2, -0.15) is 0 Å². The fourth-order valence-electron chi connectivity index (χ4n) is 3.67. The molecule has 2 aromatic carbocycles. The summed E-state index contributed by atoms with van der Waals surface area (Å²) in [7, 11) is 1.48. The van der Waals surface area contributed by atoms with Gasteiger partial charge in [0, 0.05) is 24.1 Å². The third-order valence-electron chi connectivity index (χ3n) is 5.39. The summed E-state index contributed by atoms with van der Waals surface area (Å²) in [4.78, 5) is 24.5. The van der Waals surface area contributed by atoms with Gasteiger partial charge >= 0.3 is 5.97 Å². The van der Waals surface area contributed by atoms with E-state index in [1.165, 1.54) is 13.3 Å². The van der Waals surface area contributed by atoms with Crippen LogP contribution in [0.15, 0.2) is 41.3 Å². The molecular formula is C23H24FNO5. The zero-order valence-corrected chi connectivity index (χ0v) is 17.1. The maximum atomic E-state index is 14.5. The molecule has 0 spiro atoms. The molecule has 158 valence electrons. The molecule has 0 radical (unpaired) electrons. The monoisotopic (exact) mass is 413 g/mol. The number of carboxylic acids is 1. The lowest BCUT2D eigenvalue weighted by Crippen LogP contribution is -2.22. The fraction of sp³-hybridized carbons (Fsp3) is 0.304. The number of aromatic nitrogens is 1. The molecule has 0 bridgehead atoms.